The highest BCUT2D eigenvalue weighted by atomic mass is 16.5. The minimum Gasteiger partial charge on any atom is -0.381 e. The fraction of sp³-hybridized carbons (Fsp3) is 1.00. The summed E-state index contributed by atoms with van der Waals surface area (Å²) in [5.74, 6) is 4.09. The minimum absolute atomic E-state index is 0.659. The summed E-state index contributed by atoms with van der Waals surface area (Å²) in [5, 5.41) is 4.04. The Morgan fingerprint density at radius 1 is 1.00 bits per heavy atom. The molecule has 1 aliphatic heterocycles. The maximum Gasteiger partial charge on any atom is 0.0469 e. The van der Waals surface area contributed by atoms with Crippen LogP contribution < -0.4 is 5.32 Å². The van der Waals surface area contributed by atoms with Crippen molar-refractivity contribution in [2.75, 3.05) is 19.8 Å². The van der Waals surface area contributed by atoms with Crippen LogP contribution in [0.25, 0.3) is 0 Å². The molecular formula is C19H33NO. The molecule has 0 radical (unpaired) electrons. The Bertz CT molecular complexity index is 325. The van der Waals surface area contributed by atoms with Crippen molar-refractivity contribution in [2.24, 2.45) is 29.1 Å². The summed E-state index contributed by atoms with van der Waals surface area (Å²) in [6.07, 6.45) is 13.2. The molecule has 5 rings (SSSR count). The summed E-state index contributed by atoms with van der Waals surface area (Å²) < 4.78 is 5.65. The van der Waals surface area contributed by atoms with Crippen LogP contribution in [0.5, 0.6) is 0 Å². The molecule has 1 heterocycles. The van der Waals surface area contributed by atoms with Crippen LogP contribution in [-0.2, 0) is 4.74 Å². The Morgan fingerprint density at radius 2 is 1.57 bits per heavy atom. The molecule has 1 saturated heterocycles. The summed E-state index contributed by atoms with van der Waals surface area (Å²) >= 11 is 0. The van der Waals surface area contributed by atoms with E-state index in [-0.39, 0.29) is 0 Å². The Labute approximate surface area is 130 Å². The van der Waals surface area contributed by atoms with Crippen LogP contribution in [0.2, 0.25) is 0 Å². The van der Waals surface area contributed by atoms with Gasteiger partial charge in [-0.15, -0.1) is 0 Å². The van der Waals surface area contributed by atoms with Crippen LogP contribution >= 0.6 is 0 Å². The average molecular weight is 291 g/mol. The highest BCUT2D eigenvalue weighted by Crippen LogP contribution is 2.62. The second-order valence-electron chi connectivity index (χ2n) is 8.66. The number of hydrogen-bond donors (Lipinski definition) is 1. The van der Waals surface area contributed by atoms with E-state index >= 15 is 0 Å². The van der Waals surface area contributed by atoms with Crippen LogP contribution in [0.3, 0.4) is 0 Å². The predicted molar refractivity (Wildman–Crippen MR) is 86.2 cm³/mol. The van der Waals surface area contributed by atoms with E-state index in [0.717, 1.165) is 42.9 Å². The van der Waals surface area contributed by atoms with Gasteiger partial charge in [0, 0.05) is 19.3 Å². The number of hydrogen-bond acceptors (Lipinski definition) is 2. The Kier molecular flexibility index (Phi) is 4.04. The fourth-order valence-electron chi connectivity index (χ4n) is 6.79. The normalized spacial score (nSPS) is 44.1. The van der Waals surface area contributed by atoms with Crippen LogP contribution in [0, 0.1) is 29.1 Å². The first-order chi connectivity index (χ1) is 10.3. The third-order valence-corrected chi connectivity index (χ3v) is 7.10. The summed E-state index contributed by atoms with van der Waals surface area (Å²) in [7, 11) is 0. The summed E-state index contributed by atoms with van der Waals surface area (Å²) in [4.78, 5) is 0. The molecule has 0 aromatic carbocycles. The molecule has 1 N–H and O–H groups in total. The third-order valence-electron chi connectivity index (χ3n) is 7.10. The molecule has 2 heteroatoms. The topological polar surface area (TPSA) is 21.3 Å². The molecular weight excluding hydrogens is 258 g/mol. The van der Waals surface area contributed by atoms with Crippen LogP contribution in [0.15, 0.2) is 0 Å². The molecule has 5 aliphatic rings. The van der Waals surface area contributed by atoms with Gasteiger partial charge in [0.05, 0.1) is 0 Å². The molecule has 2 nitrogen and oxygen atoms in total. The number of nitrogens with one attached hydrogen (secondary N) is 1. The van der Waals surface area contributed by atoms with E-state index in [9.17, 15) is 0 Å². The van der Waals surface area contributed by atoms with Crippen LogP contribution in [0.4, 0.5) is 0 Å². The van der Waals surface area contributed by atoms with Gasteiger partial charge < -0.3 is 10.1 Å². The fourth-order valence-corrected chi connectivity index (χ4v) is 6.79. The number of ether oxygens (including phenoxy) is 1. The first kappa shape index (κ1) is 14.5. The van der Waals surface area contributed by atoms with E-state index in [1.54, 1.807) is 38.5 Å². The van der Waals surface area contributed by atoms with Crippen molar-refractivity contribution in [3.63, 3.8) is 0 Å². The van der Waals surface area contributed by atoms with Gasteiger partial charge in [-0.1, -0.05) is 6.92 Å². The molecule has 21 heavy (non-hydrogen) atoms. The van der Waals surface area contributed by atoms with Crippen molar-refractivity contribution >= 4 is 0 Å². The molecule has 120 valence electrons. The van der Waals surface area contributed by atoms with E-state index in [1.165, 1.54) is 25.8 Å². The first-order valence-corrected chi connectivity index (χ1v) is 9.60. The van der Waals surface area contributed by atoms with Gasteiger partial charge in [0.15, 0.2) is 0 Å². The molecule has 0 amide bonds. The van der Waals surface area contributed by atoms with Crippen LogP contribution in [0.1, 0.15) is 64.7 Å². The molecule has 0 aromatic heterocycles. The molecule has 4 aliphatic carbocycles. The Balaban J connectivity index is 1.56. The van der Waals surface area contributed by atoms with Gasteiger partial charge in [0.1, 0.15) is 0 Å². The molecule has 1 atom stereocenters. The number of rotatable bonds is 5. The summed E-state index contributed by atoms with van der Waals surface area (Å²) in [6.45, 7) is 5.53. The van der Waals surface area contributed by atoms with Crippen molar-refractivity contribution in [2.45, 2.75) is 70.8 Å². The monoisotopic (exact) mass is 291 g/mol. The Hall–Kier alpha value is -0.0800. The lowest BCUT2D eigenvalue weighted by Crippen LogP contribution is -2.59. The molecule has 0 aromatic rings. The van der Waals surface area contributed by atoms with E-state index in [1.807, 2.05) is 0 Å². The third kappa shape index (κ3) is 2.67. The summed E-state index contributed by atoms with van der Waals surface area (Å²) in [5.41, 5.74) is 0.659. The lowest BCUT2D eigenvalue weighted by molar-refractivity contribution is -0.0944. The van der Waals surface area contributed by atoms with E-state index < -0.39 is 0 Å². The SMILES string of the molecule is CCCNC(C1CCOCC1)C12CC3CC(CC(C3)C1)C2. The lowest BCUT2D eigenvalue weighted by Gasteiger charge is -2.61. The van der Waals surface area contributed by atoms with Gasteiger partial charge in [-0.3, -0.25) is 0 Å². The van der Waals surface area contributed by atoms with Crippen molar-refractivity contribution < 1.29 is 4.74 Å². The van der Waals surface area contributed by atoms with E-state index in [2.05, 4.69) is 12.2 Å². The Morgan fingerprint density at radius 3 is 2.10 bits per heavy atom. The zero-order chi connectivity index (χ0) is 14.3. The van der Waals surface area contributed by atoms with Gasteiger partial charge >= 0.3 is 0 Å². The van der Waals surface area contributed by atoms with Gasteiger partial charge in [0.2, 0.25) is 0 Å². The summed E-state index contributed by atoms with van der Waals surface area (Å²) in [6, 6.07) is 0.787. The molecule has 4 bridgehead atoms. The average Bonchev–Trinajstić information content (AvgIpc) is 2.47. The highest BCUT2D eigenvalue weighted by Gasteiger charge is 2.55. The standard InChI is InChI=1S/C19H33NO/c1-2-5-20-18(17-3-6-21-7-4-17)19-11-14-8-15(12-19)10-16(9-14)13-19/h14-18,20H,2-13H2,1H3. The van der Waals surface area contributed by atoms with Gasteiger partial charge in [-0.2, -0.15) is 0 Å². The van der Waals surface area contributed by atoms with E-state index in [0.29, 0.717) is 5.41 Å². The minimum atomic E-state index is 0.659. The van der Waals surface area contributed by atoms with Gasteiger partial charge in [0.25, 0.3) is 0 Å². The second kappa shape index (κ2) is 5.85. The maximum absolute atomic E-state index is 5.65. The first-order valence-electron chi connectivity index (χ1n) is 9.60. The smallest absolute Gasteiger partial charge is 0.0469 e. The quantitative estimate of drug-likeness (QED) is 0.826. The van der Waals surface area contributed by atoms with E-state index in [4.69, 9.17) is 4.74 Å². The maximum atomic E-state index is 5.65. The second-order valence-corrected chi connectivity index (χ2v) is 8.66. The predicted octanol–water partition coefficient (Wildman–Crippen LogP) is 4.00. The van der Waals surface area contributed by atoms with Gasteiger partial charge in [-0.25, -0.2) is 0 Å². The largest absolute Gasteiger partial charge is 0.381 e. The van der Waals surface area contributed by atoms with Crippen molar-refractivity contribution in [1.29, 1.82) is 0 Å². The molecule has 1 unspecified atom stereocenters. The van der Waals surface area contributed by atoms with Crippen molar-refractivity contribution in [1.82, 2.24) is 5.32 Å². The molecule has 4 saturated carbocycles. The zero-order valence-corrected chi connectivity index (χ0v) is 13.8. The van der Waals surface area contributed by atoms with Crippen LogP contribution in [-0.4, -0.2) is 25.8 Å². The van der Waals surface area contributed by atoms with Gasteiger partial charge in [-0.05, 0) is 93.4 Å². The zero-order valence-electron chi connectivity index (χ0n) is 13.8. The highest BCUT2D eigenvalue weighted by molar-refractivity contribution is 5.07. The van der Waals surface area contributed by atoms with Crippen molar-refractivity contribution in [3.8, 4) is 0 Å². The molecule has 0 spiro atoms. The molecule has 5 fully saturated rings. The lowest BCUT2D eigenvalue weighted by atomic mass is 9.46. The van der Waals surface area contributed by atoms with Crippen molar-refractivity contribution in [3.05, 3.63) is 0 Å².